The van der Waals surface area contributed by atoms with Crippen molar-refractivity contribution in [3.63, 3.8) is 0 Å². The number of anilines is 2. The van der Waals surface area contributed by atoms with E-state index in [2.05, 4.69) is 36.7 Å². The number of nitrogens with zero attached hydrogens (tertiary/aromatic N) is 7. The van der Waals surface area contributed by atoms with Crippen LogP contribution in [0.4, 0.5) is 11.8 Å². The molecule has 0 unspecified atom stereocenters. The van der Waals surface area contributed by atoms with Gasteiger partial charge in [0.1, 0.15) is 5.82 Å². The summed E-state index contributed by atoms with van der Waals surface area (Å²) in [5.41, 5.74) is 0.650. The molecule has 4 rings (SSSR count). The van der Waals surface area contributed by atoms with E-state index in [1.54, 1.807) is 18.6 Å². The zero-order valence-electron chi connectivity index (χ0n) is 15.7. The number of hydrogen-bond donors (Lipinski definition) is 0. The van der Waals surface area contributed by atoms with Crippen LogP contribution in [0.15, 0.2) is 36.8 Å². The Kier molecular flexibility index (Phi) is 5.15. The van der Waals surface area contributed by atoms with E-state index < -0.39 is 0 Å². The molecular weight excluding hydrogens is 342 g/mol. The minimum Gasteiger partial charge on any atom is -0.354 e. The van der Waals surface area contributed by atoms with Crippen LogP contribution in [0.5, 0.6) is 0 Å². The molecule has 0 aromatic carbocycles. The van der Waals surface area contributed by atoms with Crippen LogP contribution < -0.4 is 9.80 Å². The van der Waals surface area contributed by atoms with E-state index in [1.807, 2.05) is 23.1 Å². The number of rotatable bonds is 3. The van der Waals surface area contributed by atoms with Gasteiger partial charge >= 0.3 is 0 Å². The lowest BCUT2D eigenvalue weighted by molar-refractivity contribution is 0.0746. The summed E-state index contributed by atoms with van der Waals surface area (Å²) in [6, 6.07) is 5.67. The molecule has 0 N–H and O–H groups in total. The molecule has 142 valence electrons. The van der Waals surface area contributed by atoms with Crippen molar-refractivity contribution in [2.45, 2.75) is 0 Å². The molecule has 2 fully saturated rings. The number of carbonyl (C=O) groups is 1. The van der Waals surface area contributed by atoms with Crippen LogP contribution in [0.3, 0.4) is 0 Å². The standard InChI is InChI=1S/C19H25N7O/c1-23-7-9-24(10-8-23)17-4-3-16(15-22-17)18(27)25-11-13-26(14-12-25)19-20-5-2-6-21-19/h2-6,15H,7-14H2,1H3. The first-order valence-corrected chi connectivity index (χ1v) is 9.41. The van der Waals surface area contributed by atoms with E-state index in [9.17, 15) is 4.79 Å². The summed E-state index contributed by atoms with van der Waals surface area (Å²) in [6.07, 6.45) is 5.20. The molecule has 27 heavy (non-hydrogen) atoms. The number of amides is 1. The second-order valence-electron chi connectivity index (χ2n) is 7.02. The van der Waals surface area contributed by atoms with Gasteiger partial charge in [-0.1, -0.05) is 0 Å². The fourth-order valence-corrected chi connectivity index (χ4v) is 3.48. The third-order valence-corrected chi connectivity index (χ3v) is 5.22. The van der Waals surface area contributed by atoms with Crippen LogP contribution in [0, 0.1) is 0 Å². The van der Waals surface area contributed by atoms with Crippen molar-refractivity contribution in [3.8, 4) is 0 Å². The first-order chi connectivity index (χ1) is 13.2. The van der Waals surface area contributed by atoms with Gasteiger partial charge < -0.3 is 19.6 Å². The van der Waals surface area contributed by atoms with Gasteiger partial charge in [-0.05, 0) is 25.2 Å². The Morgan fingerprint density at radius 2 is 1.52 bits per heavy atom. The van der Waals surface area contributed by atoms with Crippen molar-refractivity contribution >= 4 is 17.7 Å². The van der Waals surface area contributed by atoms with Gasteiger partial charge in [-0.2, -0.15) is 0 Å². The zero-order valence-corrected chi connectivity index (χ0v) is 15.7. The molecule has 0 spiro atoms. The average Bonchev–Trinajstić information content (AvgIpc) is 2.75. The Morgan fingerprint density at radius 1 is 0.852 bits per heavy atom. The monoisotopic (exact) mass is 367 g/mol. The molecule has 2 aliphatic heterocycles. The molecule has 2 aliphatic rings. The normalized spacial score (nSPS) is 18.6. The van der Waals surface area contributed by atoms with Crippen molar-refractivity contribution in [3.05, 3.63) is 42.4 Å². The lowest BCUT2D eigenvalue weighted by Gasteiger charge is -2.35. The first-order valence-electron chi connectivity index (χ1n) is 9.41. The average molecular weight is 367 g/mol. The number of likely N-dealkylation sites (N-methyl/N-ethyl adjacent to an activating group) is 1. The summed E-state index contributed by atoms with van der Waals surface area (Å²) in [5.74, 6) is 1.72. The predicted molar refractivity (Wildman–Crippen MR) is 104 cm³/mol. The van der Waals surface area contributed by atoms with Gasteiger partial charge in [-0.25, -0.2) is 15.0 Å². The van der Waals surface area contributed by atoms with E-state index >= 15 is 0 Å². The fraction of sp³-hybridized carbons (Fsp3) is 0.474. The topological polar surface area (TPSA) is 68.7 Å². The lowest BCUT2D eigenvalue weighted by Crippen LogP contribution is -2.49. The van der Waals surface area contributed by atoms with E-state index in [-0.39, 0.29) is 5.91 Å². The van der Waals surface area contributed by atoms with Crippen molar-refractivity contribution in [1.82, 2.24) is 24.8 Å². The Balaban J connectivity index is 1.35. The Labute approximate surface area is 159 Å². The quantitative estimate of drug-likeness (QED) is 0.786. The highest BCUT2D eigenvalue weighted by Crippen LogP contribution is 2.16. The Hall–Kier alpha value is -2.74. The van der Waals surface area contributed by atoms with Crippen LogP contribution >= 0.6 is 0 Å². The minimum atomic E-state index is 0.0426. The van der Waals surface area contributed by atoms with Gasteiger partial charge in [0, 0.05) is 70.9 Å². The van der Waals surface area contributed by atoms with Crippen molar-refractivity contribution < 1.29 is 4.79 Å². The van der Waals surface area contributed by atoms with Crippen LogP contribution in [0.25, 0.3) is 0 Å². The molecule has 0 radical (unpaired) electrons. The van der Waals surface area contributed by atoms with E-state index in [4.69, 9.17) is 0 Å². The lowest BCUT2D eigenvalue weighted by atomic mass is 10.2. The second kappa shape index (κ2) is 7.87. The fourth-order valence-electron chi connectivity index (χ4n) is 3.48. The summed E-state index contributed by atoms with van der Waals surface area (Å²) in [4.78, 5) is 34.5. The van der Waals surface area contributed by atoms with Crippen molar-refractivity contribution in [2.24, 2.45) is 0 Å². The third-order valence-electron chi connectivity index (χ3n) is 5.22. The summed E-state index contributed by atoms with van der Waals surface area (Å²) < 4.78 is 0. The molecule has 0 bridgehead atoms. The summed E-state index contributed by atoms with van der Waals surface area (Å²) in [7, 11) is 2.14. The van der Waals surface area contributed by atoms with Gasteiger partial charge in [-0.15, -0.1) is 0 Å². The molecule has 2 aromatic rings. The molecule has 8 heteroatoms. The van der Waals surface area contributed by atoms with Gasteiger partial charge in [0.2, 0.25) is 5.95 Å². The van der Waals surface area contributed by atoms with Crippen LogP contribution in [-0.2, 0) is 0 Å². The van der Waals surface area contributed by atoms with Crippen molar-refractivity contribution in [2.75, 3.05) is 69.2 Å². The number of pyridine rings is 1. The minimum absolute atomic E-state index is 0.0426. The molecule has 8 nitrogen and oxygen atoms in total. The first kappa shape index (κ1) is 17.7. The largest absolute Gasteiger partial charge is 0.354 e. The maximum absolute atomic E-state index is 12.8. The SMILES string of the molecule is CN1CCN(c2ccc(C(=O)N3CCN(c4ncccn4)CC3)cn2)CC1. The van der Waals surface area contributed by atoms with E-state index in [0.717, 1.165) is 51.0 Å². The number of hydrogen-bond acceptors (Lipinski definition) is 7. The maximum atomic E-state index is 12.8. The number of piperazine rings is 2. The maximum Gasteiger partial charge on any atom is 0.255 e. The molecular formula is C19H25N7O. The van der Waals surface area contributed by atoms with Crippen LogP contribution in [-0.4, -0.2) is 90.1 Å². The summed E-state index contributed by atoms with van der Waals surface area (Å²) in [6.45, 7) is 6.83. The highest BCUT2D eigenvalue weighted by atomic mass is 16.2. The molecule has 2 saturated heterocycles. The second-order valence-corrected chi connectivity index (χ2v) is 7.02. The Morgan fingerprint density at radius 3 is 2.15 bits per heavy atom. The highest BCUT2D eigenvalue weighted by Gasteiger charge is 2.24. The van der Waals surface area contributed by atoms with Gasteiger partial charge in [0.05, 0.1) is 5.56 Å². The van der Waals surface area contributed by atoms with Crippen molar-refractivity contribution in [1.29, 1.82) is 0 Å². The molecule has 0 saturated carbocycles. The predicted octanol–water partition coefficient (Wildman–Crippen LogP) is 0.586. The smallest absolute Gasteiger partial charge is 0.255 e. The molecule has 2 aromatic heterocycles. The number of aromatic nitrogens is 3. The molecule has 0 aliphatic carbocycles. The number of carbonyl (C=O) groups excluding carboxylic acids is 1. The van der Waals surface area contributed by atoms with Crippen LogP contribution in [0.2, 0.25) is 0 Å². The van der Waals surface area contributed by atoms with Gasteiger partial charge in [-0.3, -0.25) is 4.79 Å². The molecule has 1 amide bonds. The van der Waals surface area contributed by atoms with Gasteiger partial charge in [0.25, 0.3) is 5.91 Å². The van der Waals surface area contributed by atoms with Crippen LogP contribution in [0.1, 0.15) is 10.4 Å². The molecule has 0 atom stereocenters. The Bertz CT molecular complexity index is 751. The summed E-state index contributed by atoms with van der Waals surface area (Å²) in [5, 5.41) is 0. The third kappa shape index (κ3) is 4.00. The summed E-state index contributed by atoms with van der Waals surface area (Å²) >= 11 is 0. The van der Waals surface area contributed by atoms with Gasteiger partial charge in [0.15, 0.2) is 0 Å². The molecule has 4 heterocycles. The van der Waals surface area contributed by atoms with E-state index in [1.165, 1.54) is 0 Å². The highest BCUT2D eigenvalue weighted by molar-refractivity contribution is 5.94. The zero-order chi connectivity index (χ0) is 18.6. The van der Waals surface area contributed by atoms with E-state index in [0.29, 0.717) is 18.7 Å².